The van der Waals surface area contributed by atoms with Crippen molar-refractivity contribution in [1.29, 1.82) is 0 Å². The van der Waals surface area contributed by atoms with Gasteiger partial charge in [0.1, 0.15) is 5.82 Å². The van der Waals surface area contributed by atoms with Crippen molar-refractivity contribution in [2.75, 3.05) is 33.9 Å². The molecule has 1 atom stereocenters. The van der Waals surface area contributed by atoms with Crippen molar-refractivity contribution in [2.45, 2.75) is 51.0 Å². The summed E-state index contributed by atoms with van der Waals surface area (Å²) in [4.78, 5) is 23.5. The SMILES string of the molecule is COCCCn1c(C2CCCN(C(=O)CCCc3ccc(-c4cnc(OC)nc4)cc3)C2)cc2cccc(F)c21. The Hall–Kier alpha value is -3.78. The molecule has 0 N–H and O–H groups in total. The van der Waals surface area contributed by atoms with Gasteiger partial charge in [0.15, 0.2) is 0 Å². The fourth-order valence-corrected chi connectivity index (χ4v) is 5.73. The van der Waals surface area contributed by atoms with Crippen LogP contribution in [0.15, 0.2) is 60.9 Å². The minimum atomic E-state index is -0.199. The molecule has 2 aromatic carbocycles. The first-order valence-corrected chi connectivity index (χ1v) is 14.1. The van der Waals surface area contributed by atoms with E-state index >= 15 is 0 Å². The first-order chi connectivity index (χ1) is 19.6. The van der Waals surface area contributed by atoms with Gasteiger partial charge in [0.2, 0.25) is 5.91 Å². The molecule has 210 valence electrons. The molecule has 0 spiro atoms. The van der Waals surface area contributed by atoms with Gasteiger partial charge in [0.25, 0.3) is 0 Å². The van der Waals surface area contributed by atoms with Gasteiger partial charge in [-0.05, 0) is 55.4 Å². The number of piperidine rings is 1. The summed E-state index contributed by atoms with van der Waals surface area (Å²) in [5.41, 5.74) is 4.95. The molecule has 1 fully saturated rings. The number of aromatic nitrogens is 3. The summed E-state index contributed by atoms with van der Waals surface area (Å²) in [6.07, 6.45) is 8.43. The lowest BCUT2D eigenvalue weighted by Gasteiger charge is -2.33. The van der Waals surface area contributed by atoms with E-state index in [1.807, 2.05) is 11.0 Å². The number of aryl methyl sites for hydroxylation is 2. The van der Waals surface area contributed by atoms with E-state index in [1.165, 1.54) is 11.6 Å². The Bertz CT molecular complexity index is 1420. The van der Waals surface area contributed by atoms with Crippen LogP contribution >= 0.6 is 0 Å². The van der Waals surface area contributed by atoms with Crippen LogP contribution < -0.4 is 4.74 Å². The van der Waals surface area contributed by atoms with E-state index in [9.17, 15) is 9.18 Å². The van der Waals surface area contributed by atoms with Crippen molar-refractivity contribution in [3.8, 4) is 17.1 Å². The molecule has 4 aromatic rings. The molecule has 0 aliphatic carbocycles. The number of halogens is 1. The van der Waals surface area contributed by atoms with Crippen LogP contribution in [-0.2, 0) is 22.5 Å². The maximum absolute atomic E-state index is 14.8. The average Bonchev–Trinajstić information content (AvgIpc) is 3.37. The maximum atomic E-state index is 14.8. The van der Waals surface area contributed by atoms with Crippen LogP contribution in [0.5, 0.6) is 6.01 Å². The van der Waals surface area contributed by atoms with Crippen LogP contribution in [0.4, 0.5) is 4.39 Å². The molecule has 1 amide bonds. The second-order valence-electron chi connectivity index (χ2n) is 10.4. The Morgan fingerprint density at radius 1 is 1.05 bits per heavy atom. The van der Waals surface area contributed by atoms with E-state index in [4.69, 9.17) is 9.47 Å². The summed E-state index contributed by atoms with van der Waals surface area (Å²) >= 11 is 0. The molecular formula is C32H37FN4O3. The highest BCUT2D eigenvalue weighted by molar-refractivity contribution is 5.82. The van der Waals surface area contributed by atoms with Gasteiger partial charge in [-0.1, -0.05) is 36.4 Å². The number of hydrogen-bond acceptors (Lipinski definition) is 5. The molecule has 1 aliphatic heterocycles. The predicted molar refractivity (Wildman–Crippen MR) is 154 cm³/mol. The van der Waals surface area contributed by atoms with Crippen LogP contribution in [0.3, 0.4) is 0 Å². The highest BCUT2D eigenvalue weighted by atomic mass is 19.1. The highest BCUT2D eigenvalue weighted by Crippen LogP contribution is 2.33. The number of fused-ring (bicyclic) bond motifs is 1. The van der Waals surface area contributed by atoms with Gasteiger partial charge < -0.3 is 18.9 Å². The van der Waals surface area contributed by atoms with E-state index in [2.05, 4.69) is 44.9 Å². The number of nitrogens with zero attached hydrogens (tertiary/aromatic N) is 4. The van der Waals surface area contributed by atoms with Crippen molar-refractivity contribution in [3.63, 3.8) is 0 Å². The number of amides is 1. The molecule has 3 heterocycles. The van der Waals surface area contributed by atoms with Gasteiger partial charge in [0, 0.05) is 74.7 Å². The van der Waals surface area contributed by atoms with E-state index in [0.717, 1.165) is 60.9 Å². The summed E-state index contributed by atoms with van der Waals surface area (Å²) in [5, 5.41) is 0.918. The molecule has 7 nitrogen and oxygen atoms in total. The maximum Gasteiger partial charge on any atom is 0.316 e. The monoisotopic (exact) mass is 544 g/mol. The molecule has 2 aromatic heterocycles. The van der Waals surface area contributed by atoms with Gasteiger partial charge in [-0.25, -0.2) is 14.4 Å². The zero-order valence-electron chi connectivity index (χ0n) is 23.3. The third-order valence-corrected chi connectivity index (χ3v) is 7.78. The summed E-state index contributed by atoms with van der Waals surface area (Å²) in [6.45, 7) is 2.79. The smallest absolute Gasteiger partial charge is 0.316 e. The van der Waals surface area contributed by atoms with E-state index in [-0.39, 0.29) is 17.6 Å². The Kier molecular flexibility index (Phi) is 9.06. The number of rotatable bonds is 11. The molecule has 40 heavy (non-hydrogen) atoms. The lowest BCUT2D eigenvalue weighted by Crippen LogP contribution is -2.39. The third-order valence-electron chi connectivity index (χ3n) is 7.78. The van der Waals surface area contributed by atoms with Gasteiger partial charge in [-0.2, -0.15) is 0 Å². The zero-order chi connectivity index (χ0) is 27.9. The fraction of sp³-hybridized carbons (Fsp3) is 0.406. The largest absolute Gasteiger partial charge is 0.467 e. The van der Waals surface area contributed by atoms with Crippen molar-refractivity contribution < 1.29 is 18.7 Å². The van der Waals surface area contributed by atoms with Crippen molar-refractivity contribution in [2.24, 2.45) is 0 Å². The van der Waals surface area contributed by atoms with Crippen molar-refractivity contribution in [1.82, 2.24) is 19.4 Å². The van der Waals surface area contributed by atoms with Gasteiger partial charge in [-0.3, -0.25) is 4.79 Å². The van der Waals surface area contributed by atoms with E-state index in [0.29, 0.717) is 37.6 Å². The number of likely N-dealkylation sites (tertiary alicyclic amines) is 1. The summed E-state index contributed by atoms with van der Waals surface area (Å²) in [5.74, 6) is 0.196. The molecule has 1 unspecified atom stereocenters. The second kappa shape index (κ2) is 13.0. The molecule has 0 radical (unpaired) electrons. The van der Waals surface area contributed by atoms with Gasteiger partial charge >= 0.3 is 6.01 Å². The number of benzene rings is 2. The third kappa shape index (κ3) is 6.33. The molecule has 1 aliphatic rings. The molecule has 1 saturated heterocycles. The number of ether oxygens (including phenoxy) is 2. The standard InChI is InChI=1S/C32H37FN4O3/c1-39-18-6-17-37-29(19-25-8-4-10-28(33)31(25)37)26-9-5-16-36(22-26)30(38)11-3-7-23-12-14-24(15-13-23)27-20-34-32(40-2)35-21-27/h4,8,10,12-15,19-21,26H,3,5-7,9,11,16-18,22H2,1-2H3. The number of carbonyl (C=O) groups excluding carboxylic acids is 1. The number of carbonyl (C=O) groups is 1. The topological polar surface area (TPSA) is 69.5 Å². The van der Waals surface area contributed by atoms with E-state index in [1.54, 1.807) is 32.7 Å². The van der Waals surface area contributed by atoms with Crippen LogP contribution in [0.2, 0.25) is 0 Å². The first kappa shape index (κ1) is 27.8. The number of hydrogen-bond donors (Lipinski definition) is 0. The zero-order valence-corrected chi connectivity index (χ0v) is 23.3. The Balaban J connectivity index is 1.19. The normalized spacial score (nSPS) is 15.5. The Morgan fingerprint density at radius 2 is 1.85 bits per heavy atom. The Morgan fingerprint density at radius 3 is 2.60 bits per heavy atom. The average molecular weight is 545 g/mol. The van der Waals surface area contributed by atoms with Crippen molar-refractivity contribution >= 4 is 16.8 Å². The van der Waals surface area contributed by atoms with Crippen molar-refractivity contribution in [3.05, 3.63) is 78.0 Å². The lowest BCUT2D eigenvalue weighted by atomic mass is 9.94. The molecule has 8 heteroatoms. The molecule has 5 rings (SSSR count). The molecule has 0 saturated carbocycles. The van der Waals surface area contributed by atoms with Crippen LogP contribution in [0.1, 0.15) is 49.3 Å². The minimum Gasteiger partial charge on any atom is -0.467 e. The van der Waals surface area contributed by atoms with E-state index < -0.39 is 0 Å². The highest BCUT2D eigenvalue weighted by Gasteiger charge is 2.27. The second-order valence-corrected chi connectivity index (χ2v) is 10.4. The Labute approximate surface area is 235 Å². The number of methoxy groups -OCH3 is 2. The molecular weight excluding hydrogens is 507 g/mol. The molecule has 0 bridgehead atoms. The number of para-hydroxylation sites is 1. The van der Waals surface area contributed by atoms with Gasteiger partial charge in [0.05, 0.1) is 12.6 Å². The van der Waals surface area contributed by atoms with Gasteiger partial charge in [-0.15, -0.1) is 0 Å². The van der Waals surface area contributed by atoms with Crippen LogP contribution in [0.25, 0.3) is 22.0 Å². The quantitative estimate of drug-likeness (QED) is 0.216. The summed E-state index contributed by atoms with van der Waals surface area (Å²) in [7, 11) is 3.24. The van der Waals surface area contributed by atoms with Crippen LogP contribution in [0, 0.1) is 5.82 Å². The lowest BCUT2D eigenvalue weighted by molar-refractivity contribution is -0.132. The fourth-order valence-electron chi connectivity index (χ4n) is 5.73. The minimum absolute atomic E-state index is 0.196. The van der Waals surface area contributed by atoms with Crippen LogP contribution in [-0.4, -0.2) is 59.3 Å². The predicted octanol–water partition coefficient (Wildman–Crippen LogP) is 6.01. The summed E-state index contributed by atoms with van der Waals surface area (Å²) < 4.78 is 27.2. The summed E-state index contributed by atoms with van der Waals surface area (Å²) in [6, 6.07) is 16.0. The first-order valence-electron chi connectivity index (χ1n) is 14.1.